The molecule has 0 aliphatic carbocycles. The van der Waals surface area contributed by atoms with Crippen molar-refractivity contribution in [1.29, 1.82) is 0 Å². The van der Waals surface area contributed by atoms with Gasteiger partial charge in [-0.25, -0.2) is 4.79 Å². The number of hydrogen-bond donors (Lipinski definition) is 0. The van der Waals surface area contributed by atoms with Crippen LogP contribution < -0.4 is 5.63 Å². The third-order valence-electron chi connectivity index (χ3n) is 4.04. The first-order valence-corrected chi connectivity index (χ1v) is 7.64. The minimum absolute atomic E-state index is 0.393. The van der Waals surface area contributed by atoms with Crippen molar-refractivity contribution in [1.82, 2.24) is 0 Å². The molecule has 0 saturated carbocycles. The lowest BCUT2D eigenvalue weighted by Crippen LogP contribution is -1.98. The second-order valence-corrected chi connectivity index (χ2v) is 6.11. The summed E-state index contributed by atoms with van der Waals surface area (Å²) in [6.45, 7) is 3.92. The van der Waals surface area contributed by atoms with Crippen molar-refractivity contribution in [2.24, 2.45) is 0 Å². The van der Waals surface area contributed by atoms with Gasteiger partial charge in [-0.05, 0) is 43.7 Å². The summed E-state index contributed by atoms with van der Waals surface area (Å²) < 4.78 is 11.3. The summed E-state index contributed by atoms with van der Waals surface area (Å²) in [5, 5.41) is 2.45. The average molecular weight is 325 g/mol. The van der Waals surface area contributed by atoms with Crippen LogP contribution in [0.4, 0.5) is 0 Å². The molecule has 0 spiro atoms. The summed E-state index contributed by atoms with van der Waals surface area (Å²) in [7, 11) is 0. The van der Waals surface area contributed by atoms with Crippen molar-refractivity contribution in [2.75, 3.05) is 0 Å². The van der Waals surface area contributed by atoms with Gasteiger partial charge in [0, 0.05) is 33.0 Å². The molecule has 0 aliphatic rings. The van der Waals surface area contributed by atoms with E-state index >= 15 is 0 Å². The Labute approximate surface area is 137 Å². The molecule has 0 N–H and O–H groups in total. The van der Waals surface area contributed by atoms with Crippen LogP contribution in [-0.2, 0) is 0 Å². The van der Waals surface area contributed by atoms with E-state index in [9.17, 15) is 4.79 Å². The van der Waals surface area contributed by atoms with Gasteiger partial charge in [-0.2, -0.15) is 0 Å². The summed E-state index contributed by atoms with van der Waals surface area (Å²) in [5.74, 6) is 0.670. The molecule has 4 rings (SSSR count). The molecule has 23 heavy (non-hydrogen) atoms. The van der Waals surface area contributed by atoms with Crippen LogP contribution in [0.5, 0.6) is 0 Å². The van der Waals surface area contributed by atoms with E-state index in [0.717, 1.165) is 33.0 Å². The molecular weight excluding hydrogens is 312 g/mol. The van der Waals surface area contributed by atoms with Crippen molar-refractivity contribution in [2.45, 2.75) is 13.8 Å². The van der Waals surface area contributed by atoms with Gasteiger partial charge >= 0.3 is 5.63 Å². The van der Waals surface area contributed by atoms with Crippen LogP contribution in [-0.4, -0.2) is 0 Å². The van der Waals surface area contributed by atoms with E-state index < -0.39 is 5.63 Å². The van der Waals surface area contributed by atoms with Gasteiger partial charge in [0.1, 0.15) is 16.9 Å². The van der Waals surface area contributed by atoms with Crippen LogP contribution in [0.2, 0.25) is 5.02 Å². The molecule has 4 heteroatoms. The summed E-state index contributed by atoms with van der Waals surface area (Å²) in [6.07, 6.45) is 0. The molecule has 0 fully saturated rings. The molecule has 2 aromatic heterocycles. The highest BCUT2D eigenvalue weighted by Crippen LogP contribution is 2.37. The van der Waals surface area contributed by atoms with Gasteiger partial charge in [0.2, 0.25) is 0 Å². The zero-order chi connectivity index (χ0) is 16.1. The Kier molecular flexibility index (Phi) is 3.06. The molecule has 114 valence electrons. The van der Waals surface area contributed by atoms with E-state index in [2.05, 4.69) is 0 Å². The fourth-order valence-corrected chi connectivity index (χ4v) is 3.08. The van der Waals surface area contributed by atoms with Crippen molar-refractivity contribution in [3.8, 4) is 11.3 Å². The molecule has 0 aliphatic heterocycles. The fourth-order valence-electron chi connectivity index (χ4n) is 2.91. The van der Waals surface area contributed by atoms with Gasteiger partial charge in [-0.3, -0.25) is 0 Å². The van der Waals surface area contributed by atoms with Crippen LogP contribution >= 0.6 is 11.6 Å². The number of furan rings is 1. The summed E-state index contributed by atoms with van der Waals surface area (Å²) >= 11 is 6.08. The smallest absolute Gasteiger partial charge is 0.336 e. The first kappa shape index (κ1) is 14.1. The SMILES string of the molecule is Cc1ccc2c(-c3oc4ccc(Cl)cc4c3C)cc(=O)oc2c1. The fraction of sp³-hybridized carbons (Fsp3) is 0.105. The molecule has 0 bridgehead atoms. The van der Waals surface area contributed by atoms with Gasteiger partial charge in [0.15, 0.2) is 0 Å². The molecule has 2 heterocycles. The maximum atomic E-state index is 11.9. The third-order valence-corrected chi connectivity index (χ3v) is 4.28. The Hall–Kier alpha value is -2.52. The molecule has 3 nitrogen and oxygen atoms in total. The predicted molar refractivity (Wildman–Crippen MR) is 92.2 cm³/mol. The highest BCUT2D eigenvalue weighted by atomic mass is 35.5. The number of rotatable bonds is 1. The number of benzene rings is 2. The molecule has 0 radical (unpaired) electrons. The standard InChI is InChI=1S/C19H13ClO3/c1-10-3-5-13-15(9-18(21)22-17(13)7-10)19-11(2)14-8-12(20)4-6-16(14)23-19/h3-9H,1-2H3. The number of aryl methyl sites for hydroxylation is 2. The van der Waals surface area contributed by atoms with Crippen LogP contribution in [0.1, 0.15) is 11.1 Å². The minimum Gasteiger partial charge on any atom is -0.456 e. The Bertz CT molecular complexity index is 1120. The Morgan fingerprint density at radius 3 is 2.52 bits per heavy atom. The largest absolute Gasteiger partial charge is 0.456 e. The minimum atomic E-state index is -0.393. The quantitative estimate of drug-likeness (QED) is 0.436. The summed E-state index contributed by atoms with van der Waals surface area (Å²) in [4.78, 5) is 11.9. The maximum Gasteiger partial charge on any atom is 0.336 e. The second kappa shape index (κ2) is 5.00. The molecule has 0 saturated heterocycles. The van der Waals surface area contributed by atoms with E-state index in [-0.39, 0.29) is 0 Å². The normalized spacial score (nSPS) is 11.4. The lowest BCUT2D eigenvalue weighted by atomic mass is 10.0. The molecular formula is C19H13ClO3. The van der Waals surface area contributed by atoms with Crippen molar-refractivity contribution >= 4 is 33.5 Å². The number of fused-ring (bicyclic) bond motifs is 2. The van der Waals surface area contributed by atoms with Crippen LogP contribution in [0.3, 0.4) is 0 Å². The lowest BCUT2D eigenvalue weighted by molar-refractivity contribution is 0.559. The first-order chi connectivity index (χ1) is 11.0. The predicted octanol–water partition coefficient (Wildman–Crippen LogP) is 5.48. The zero-order valence-electron chi connectivity index (χ0n) is 12.6. The lowest BCUT2D eigenvalue weighted by Gasteiger charge is -2.04. The van der Waals surface area contributed by atoms with Crippen molar-refractivity contribution in [3.05, 3.63) is 69.0 Å². The van der Waals surface area contributed by atoms with Gasteiger partial charge in [0.25, 0.3) is 0 Å². The van der Waals surface area contributed by atoms with Crippen LogP contribution in [0, 0.1) is 13.8 Å². The average Bonchev–Trinajstić information content (AvgIpc) is 2.83. The molecule has 2 aromatic carbocycles. The highest BCUT2D eigenvalue weighted by Gasteiger charge is 2.17. The van der Waals surface area contributed by atoms with Gasteiger partial charge in [0.05, 0.1) is 0 Å². The summed E-state index contributed by atoms with van der Waals surface area (Å²) in [5.41, 5.74) is 3.64. The number of halogens is 1. The Morgan fingerprint density at radius 2 is 1.70 bits per heavy atom. The molecule has 4 aromatic rings. The van der Waals surface area contributed by atoms with E-state index in [0.29, 0.717) is 16.4 Å². The number of hydrogen-bond acceptors (Lipinski definition) is 3. The highest BCUT2D eigenvalue weighted by molar-refractivity contribution is 6.31. The van der Waals surface area contributed by atoms with Gasteiger partial charge < -0.3 is 8.83 Å². The van der Waals surface area contributed by atoms with E-state index in [1.54, 1.807) is 6.07 Å². The van der Waals surface area contributed by atoms with Gasteiger partial charge in [-0.15, -0.1) is 0 Å². The van der Waals surface area contributed by atoms with Gasteiger partial charge in [-0.1, -0.05) is 23.7 Å². The zero-order valence-corrected chi connectivity index (χ0v) is 13.4. The topological polar surface area (TPSA) is 43.4 Å². The maximum absolute atomic E-state index is 11.9. The van der Waals surface area contributed by atoms with Crippen molar-refractivity contribution in [3.63, 3.8) is 0 Å². The molecule has 0 atom stereocenters. The molecule has 0 amide bonds. The van der Waals surface area contributed by atoms with Crippen molar-refractivity contribution < 1.29 is 8.83 Å². The first-order valence-electron chi connectivity index (χ1n) is 7.26. The second-order valence-electron chi connectivity index (χ2n) is 5.68. The van der Waals surface area contributed by atoms with E-state index in [1.807, 2.05) is 44.2 Å². The molecule has 0 unspecified atom stereocenters. The Balaban J connectivity index is 2.10. The van der Waals surface area contributed by atoms with Crippen LogP contribution in [0.25, 0.3) is 33.3 Å². The van der Waals surface area contributed by atoms with Crippen LogP contribution in [0.15, 0.2) is 56.1 Å². The van der Waals surface area contributed by atoms with E-state index in [4.69, 9.17) is 20.4 Å². The third kappa shape index (κ3) is 2.25. The summed E-state index contributed by atoms with van der Waals surface area (Å²) in [6, 6.07) is 12.8. The Morgan fingerprint density at radius 1 is 0.870 bits per heavy atom. The monoisotopic (exact) mass is 324 g/mol. The van der Waals surface area contributed by atoms with E-state index in [1.165, 1.54) is 6.07 Å².